The second kappa shape index (κ2) is 2.51. The fraction of sp³-hybridized carbons (Fsp3) is 1.00. The number of hydrogen-bond acceptors (Lipinski definition) is 2. The predicted molar refractivity (Wildman–Crippen MR) is 37.9 cm³/mol. The van der Waals surface area contributed by atoms with Gasteiger partial charge < -0.3 is 9.47 Å². The summed E-state index contributed by atoms with van der Waals surface area (Å²) in [5.41, 5.74) is 0. The van der Waals surface area contributed by atoms with E-state index in [-0.39, 0.29) is 0 Å². The maximum Gasteiger partial charge on any atom is 0.0867 e. The van der Waals surface area contributed by atoms with Crippen molar-refractivity contribution in [1.29, 1.82) is 0 Å². The van der Waals surface area contributed by atoms with Crippen molar-refractivity contribution < 1.29 is 9.47 Å². The van der Waals surface area contributed by atoms with Crippen LogP contribution in [0.2, 0.25) is 0 Å². The first-order valence-corrected chi connectivity index (χ1v) is 4.17. The molecule has 10 heavy (non-hydrogen) atoms. The molecule has 2 fully saturated rings. The minimum Gasteiger partial charge on any atom is -0.378 e. The van der Waals surface area contributed by atoms with E-state index in [2.05, 4.69) is 6.92 Å². The quantitative estimate of drug-likeness (QED) is 0.515. The summed E-state index contributed by atoms with van der Waals surface area (Å²) in [4.78, 5) is 0. The van der Waals surface area contributed by atoms with Crippen LogP contribution >= 0.6 is 0 Å². The molecule has 0 aromatic heterocycles. The highest BCUT2D eigenvalue weighted by molar-refractivity contribution is 4.88. The Hall–Kier alpha value is -0.0800. The molecule has 2 aliphatic heterocycles. The Kier molecular flexibility index (Phi) is 1.66. The highest BCUT2D eigenvalue weighted by Crippen LogP contribution is 2.33. The molecular formula is C8H14O2. The van der Waals surface area contributed by atoms with Crippen LogP contribution in [0, 0.1) is 0 Å². The smallest absolute Gasteiger partial charge is 0.0867 e. The van der Waals surface area contributed by atoms with E-state index in [4.69, 9.17) is 9.47 Å². The molecule has 0 amide bonds. The van der Waals surface area contributed by atoms with E-state index in [0.29, 0.717) is 18.3 Å². The lowest BCUT2D eigenvalue weighted by Crippen LogP contribution is -2.12. The number of ether oxygens (including phenoxy) is 2. The van der Waals surface area contributed by atoms with Crippen LogP contribution in [0.5, 0.6) is 0 Å². The Bertz CT molecular complexity index is 124. The summed E-state index contributed by atoms with van der Waals surface area (Å²) in [6.07, 6.45) is 4.94. The second-order valence-corrected chi connectivity index (χ2v) is 3.14. The third-order valence-electron chi connectivity index (χ3n) is 2.39. The first kappa shape index (κ1) is 6.62. The highest BCUT2D eigenvalue weighted by atomic mass is 16.6. The van der Waals surface area contributed by atoms with Crippen LogP contribution in [-0.2, 0) is 9.47 Å². The fourth-order valence-electron chi connectivity index (χ4n) is 1.60. The molecule has 2 heterocycles. The van der Waals surface area contributed by atoms with E-state index in [9.17, 15) is 0 Å². The van der Waals surface area contributed by atoms with Crippen molar-refractivity contribution >= 4 is 0 Å². The van der Waals surface area contributed by atoms with E-state index in [1.165, 1.54) is 0 Å². The van der Waals surface area contributed by atoms with Crippen molar-refractivity contribution in [1.82, 2.24) is 0 Å². The first-order valence-electron chi connectivity index (χ1n) is 4.17. The zero-order chi connectivity index (χ0) is 6.97. The Morgan fingerprint density at radius 3 is 3.10 bits per heavy atom. The summed E-state index contributed by atoms with van der Waals surface area (Å²) in [5, 5.41) is 0. The van der Waals surface area contributed by atoms with Gasteiger partial charge in [0.05, 0.1) is 18.3 Å². The molecule has 0 spiro atoms. The lowest BCUT2D eigenvalue weighted by Gasteiger charge is -2.11. The highest BCUT2D eigenvalue weighted by Gasteiger charge is 2.41. The molecule has 0 radical (unpaired) electrons. The Labute approximate surface area is 61.5 Å². The van der Waals surface area contributed by atoms with Gasteiger partial charge in [0.2, 0.25) is 0 Å². The third kappa shape index (κ3) is 1.18. The van der Waals surface area contributed by atoms with Crippen molar-refractivity contribution in [2.75, 3.05) is 6.61 Å². The lowest BCUT2D eigenvalue weighted by molar-refractivity contribution is 0.0368. The minimum absolute atomic E-state index is 0.470. The van der Waals surface area contributed by atoms with Gasteiger partial charge in [0, 0.05) is 13.0 Å². The Morgan fingerprint density at radius 2 is 2.30 bits per heavy atom. The van der Waals surface area contributed by atoms with E-state index < -0.39 is 0 Å². The molecule has 0 saturated carbocycles. The zero-order valence-corrected chi connectivity index (χ0v) is 6.38. The SMILES string of the molecule is CCC1CC2OC2CCO1. The van der Waals surface area contributed by atoms with Gasteiger partial charge in [-0.05, 0) is 12.8 Å². The second-order valence-electron chi connectivity index (χ2n) is 3.14. The number of fused-ring (bicyclic) bond motifs is 1. The molecule has 2 rings (SSSR count). The lowest BCUT2D eigenvalue weighted by atomic mass is 10.1. The molecule has 2 nitrogen and oxygen atoms in total. The number of rotatable bonds is 1. The molecule has 0 bridgehead atoms. The van der Waals surface area contributed by atoms with Crippen LogP contribution in [0.4, 0.5) is 0 Å². The van der Waals surface area contributed by atoms with Gasteiger partial charge in [-0.15, -0.1) is 0 Å². The molecule has 3 unspecified atom stereocenters. The van der Waals surface area contributed by atoms with Crippen molar-refractivity contribution in [3.8, 4) is 0 Å². The molecule has 0 N–H and O–H groups in total. The topological polar surface area (TPSA) is 21.8 Å². The van der Waals surface area contributed by atoms with Gasteiger partial charge in [0.25, 0.3) is 0 Å². The minimum atomic E-state index is 0.470. The van der Waals surface area contributed by atoms with E-state index in [1.54, 1.807) is 0 Å². The van der Waals surface area contributed by atoms with Gasteiger partial charge >= 0.3 is 0 Å². The molecule has 3 atom stereocenters. The number of epoxide rings is 1. The van der Waals surface area contributed by atoms with Crippen molar-refractivity contribution in [2.24, 2.45) is 0 Å². The fourth-order valence-corrected chi connectivity index (χ4v) is 1.60. The molecule has 2 aliphatic rings. The zero-order valence-electron chi connectivity index (χ0n) is 6.38. The number of hydrogen-bond donors (Lipinski definition) is 0. The molecule has 2 saturated heterocycles. The van der Waals surface area contributed by atoms with Gasteiger partial charge in [-0.1, -0.05) is 6.92 Å². The molecular weight excluding hydrogens is 128 g/mol. The van der Waals surface area contributed by atoms with Crippen LogP contribution in [0.25, 0.3) is 0 Å². The molecule has 0 aliphatic carbocycles. The molecule has 0 aromatic rings. The van der Waals surface area contributed by atoms with Crippen LogP contribution in [0.15, 0.2) is 0 Å². The van der Waals surface area contributed by atoms with Crippen LogP contribution in [0.3, 0.4) is 0 Å². The van der Waals surface area contributed by atoms with Gasteiger partial charge in [0.15, 0.2) is 0 Å². The summed E-state index contributed by atoms with van der Waals surface area (Å²) < 4.78 is 11.0. The average molecular weight is 142 g/mol. The van der Waals surface area contributed by atoms with E-state index in [0.717, 1.165) is 25.9 Å². The van der Waals surface area contributed by atoms with Gasteiger partial charge in [-0.2, -0.15) is 0 Å². The Balaban J connectivity index is 1.88. The summed E-state index contributed by atoms with van der Waals surface area (Å²) >= 11 is 0. The average Bonchev–Trinajstić information content (AvgIpc) is 2.61. The van der Waals surface area contributed by atoms with Crippen LogP contribution in [-0.4, -0.2) is 24.9 Å². The normalized spacial score (nSPS) is 45.9. The third-order valence-corrected chi connectivity index (χ3v) is 2.39. The van der Waals surface area contributed by atoms with E-state index >= 15 is 0 Å². The van der Waals surface area contributed by atoms with Crippen molar-refractivity contribution in [3.63, 3.8) is 0 Å². The van der Waals surface area contributed by atoms with Gasteiger partial charge in [0.1, 0.15) is 0 Å². The van der Waals surface area contributed by atoms with Crippen LogP contribution in [0.1, 0.15) is 26.2 Å². The monoisotopic (exact) mass is 142 g/mol. The van der Waals surface area contributed by atoms with Gasteiger partial charge in [-0.25, -0.2) is 0 Å². The maximum atomic E-state index is 5.57. The van der Waals surface area contributed by atoms with Crippen LogP contribution < -0.4 is 0 Å². The molecule has 0 aromatic carbocycles. The summed E-state index contributed by atoms with van der Waals surface area (Å²) in [7, 11) is 0. The van der Waals surface area contributed by atoms with Gasteiger partial charge in [-0.3, -0.25) is 0 Å². The summed E-state index contributed by atoms with van der Waals surface area (Å²) in [6.45, 7) is 3.08. The molecule has 58 valence electrons. The summed E-state index contributed by atoms with van der Waals surface area (Å²) in [6, 6.07) is 0. The van der Waals surface area contributed by atoms with Crippen molar-refractivity contribution in [2.45, 2.75) is 44.5 Å². The summed E-state index contributed by atoms with van der Waals surface area (Å²) in [5.74, 6) is 0. The van der Waals surface area contributed by atoms with Crippen molar-refractivity contribution in [3.05, 3.63) is 0 Å². The first-order chi connectivity index (χ1) is 4.90. The standard InChI is InChI=1S/C8H14O2/c1-2-6-5-8-7(10-8)3-4-9-6/h6-8H,2-5H2,1H3. The van der Waals surface area contributed by atoms with E-state index in [1.807, 2.05) is 0 Å². The predicted octanol–water partition coefficient (Wildman–Crippen LogP) is 1.34. The maximum absolute atomic E-state index is 5.57. The Morgan fingerprint density at radius 1 is 1.40 bits per heavy atom. The molecule has 2 heteroatoms. The largest absolute Gasteiger partial charge is 0.378 e.